The summed E-state index contributed by atoms with van der Waals surface area (Å²) in [6.07, 6.45) is 2.05. The molecule has 14 nitrogen and oxygen atoms in total. The van der Waals surface area contributed by atoms with Crippen molar-refractivity contribution in [3.63, 3.8) is 0 Å². The van der Waals surface area contributed by atoms with E-state index in [0.29, 0.717) is 54.0 Å². The van der Waals surface area contributed by atoms with Crippen LogP contribution in [0.2, 0.25) is 0 Å². The molecule has 0 unspecified atom stereocenters. The fourth-order valence-corrected chi connectivity index (χ4v) is 6.20. The minimum Gasteiger partial charge on any atom is -0.427 e. The number of carbonyl (C=O) groups excluding carboxylic acids is 3. The van der Waals surface area contributed by atoms with Gasteiger partial charge in [0.15, 0.2) is 0 Å². The van der Waals surface area contributed by atoms with Gasteiger partial charge in [-0.25, -0.2) is 27.3 Å². The standard InChI is InChI=1S/C38H39FN6O8.C2H4F2.C2H6/c1-22-17-24(44-13-15-51-16-14-44)19-27(39)31(22)33(46)42-28(35(48)52-21-53-36(49)38(2,3)4)18-23-8-9-29(32-25(23)7-6-11-41-32)45-34(47)26-10-12-40-20-30(26)43(5)37(45)50;1-2(3)4;1-2/h6-12,17,19-20,28H,13-16,18,21H2,1-5H3,(H,42,46);2H,1H3;1-2H3/t28-;;/m0../s1. The van der Waals surface area contributed by atoms with Crippen molar-refractivity contribution in [1.29, 1.82) is 0 Å². The van der Waals surface area contributed by atoms with E-state index >= 15 is 4.39 Å². The second kappa shape index (κ2) is 20.0. The van der Waals surface area contributed by atoms with Gasteiger partial charge >= 0.3 is 17.6 Å². The molecule has 1 amide bonds. The Bertz CT molecular complexity index is 2400. The first-order valence-electron chi connectivity index (χ1n) is 19.0. The van der Waals surface area contributed by atoms with E-state index in [1.165, 1.54) is 48.4 Å². The molecule has 1 aliphatic heterocycles. The molecule has 1 aliphatic rings. The number of halogens is 3. The van der Waals surface area contributed by atoms with Crippen LogP contribution in [0, 0.1) is 18.2 Å². The Morgan fingerprint density at radius 1 is 0.983 bits per heavy atom. The average Bonchev–Trinajstić information content (AvgIpc) is 3.20. The topological polar surface area (TPSA) is 164 Å². The van der Waals surface area contributed by atoms with Gasteiger partial charge in [-0.2, -0.15) is 0 Å². The Morgan fingerprint density at radius 3 is 2.31 bits per heavy atom. The van der Waals surface area contributed by atoms with Crippen LogP contribution in [0.1, 0.15) is 63.0 Å². The number of ether oxygens (including phenoxy) is 3. The molecule has 1 atom stereocenters. The molecule has 6 rings (SSSR count). The first-order valence-corrected chi connectivity index (χ1v) is 19.0. The number of aryl methyl sites for hydroxylation is 2. The van der Waals surface area contributed by atoms with Crippen LogP contribution in [-0.4, -0.2) is 82.5 Å². The Hall–Kier alpha value is -6.10. The number of esters is 2. The van der Waals surface area contributed by atoms with Crippen LogP contribution in [0.5, 0.6) is 0 Å². The number of hydrogen-bond acceptors (Lipinski definition) is 11. The summed E-state index contributed by atoms with van der Waals surface area (Å²) in [4.78, 5) is 77.3. The number of pyridine rings is 2. The molecule has 17 heteroatoms. The number of benzene rings is 2. The number of alkyl halides is 2. The minimum absolute atomic E-state index is 0.177. The lowest BCUT2D eigenvalue weighted by molar-refractivity contribution is -0.174. The largest absolute Gasteiger partial charge is 0.427 e. The SMILES string of the molecule is CC.CC(F)F.Cc1cc(N2CCOCC2)cc(F)c1C(=O)N[C@@H](Cc1ccc(-n2c(=O)c3ccncc3n(C)c2=O)c2ncccc12)C(=O)OCOC(=O)C(C)(C)C. The number of hydrogen-bond donors (Lipinski definition) is 1. The first kappa shape index (κ1) is 45.6. The highest BCUT2D eigenvalue weighted by molar-refractivity contribution is 5.99. The van der Waals surface area contributed by atoms with Gasteiger partial charge in [0.25, 0.3) is 11.5 Å². The lowest BCUT2D eigenvalue weighted by Crippen LogP contribution is -2.44. The zero-order chi connectivity index (χ0) is 43.6. The van der Waals surface area contributed by atoms with Gasteiger partial charge in [0.2, 0.25) is 13.2 Å². The van der Waals surface area contributed by atoms with Gasteiger partial charge in [0.1, 0.15) is 11.9 Å². The van der Waals surface area contributed by atoms with Crippen LogP contribution in [0.15, 0.2) is 70.6 Å². The zero-order valence-corrected chi connectivity index (χ0v) is 34.3. The lowest BCUT2D eigenvalue weighted by Gasteiger charge is -2.29. The molecule has 1 saturated heterocycles. The molecular formula is C42H49F3N6O8. The maximum Gasteiger partial charge on any atom is 0.335 e. The molecule has 1 N–H and O–H groups in total. The van der Waals surface area contributed by atoms with Gasteiger partial charge < -0.3 is 24.4 Å². The molecule has 59 heavy (non-hydrogen) atoms. The molecule has 0 saturated carbocycles. The summed E-state index contributed by atoms with van der Waals surface area (Å²) in [6.45, 7) is 12.8. The molecule has 0 bridgehead atoms. The highest BCUT2D eigenvalue weighted by Crippen LogP contribution is 2.27. The number of fused-ring (bicyclic) bond motifs is 2. The Balaban J connectivity index is 0.00000121. The van der Waals surface area contributed by atoms with E-state index in [2.05, 4.69) is 15.3 Å². The molecule has 0 radical (unpaired) electrons. The maximum absolute atomic E-state index is 15.6. The third kappa shape index (κ3) is 10.9. The van der Waals surface area contributed by atoms with Crippen LogP contribution < -0.4 is 21.5 Å². The van der Waals surface area contributed by atoms with Crippen LogP contribution in [0.25, 0.3) is 27.5 Å². The van der Waals surface area contributed by atoms with Crippen LogP contribution in [0.4, 0.5) is 18.9 Å². The van der Waals surface area contributed by atoms with Crippen molar-refractivity contribution in [2.24, 2.45) is 12.5 Å². The smallest absolute Gasteiger partial charge is 0.335 e. The van der Waals surface area contributed by atoms with Crippen molar-refractivity contribution in [1.82, 2.24) is 24.4 Å². The normalized spacial score (nSPS) is 13.2. The van der Waals surface area contributed by atoms with Gasteiger partial charge in [0, 0.05) is 50.0 Å². The molecule has 5 aromatic rings. The first-order chi connectivity index (χ1) is 28.0. The van der Waals surface area contributed by atoms with E-state index in [1.807, 2.05) is 18.7 Å². The van der Waals surface area contributed by atoms with E-state index in [0.717, 1.165) is 11.5 Å². The second-order valence-corrected chi connectivity index (χ2v) is 14.2. The molecule has 0 spiro atoms. The van der Waals surface area contributed by atoms with Crippen LogP contribution >= 0.6 is 0 Å². The van der Waals surface area contributed by atoms with Gasteiger partial charge in [-0.15, -0.1) is 0 Å². The molecule has 3 aromatic heterocycles. The van der Waals surface area contributed by atoms with Crippen molar-refractivity contribution < 1.29 is 41.8 Å². The molecular weight excluding hydrogens is 773 g/mol. The summed E-state index contributed by atoms with van der Waals surface area (Å²) >= 11 is 0. The minimum atomic E-state index is -2.17. The summed E-state index contributed by atoms with van der Waals surface area (Å²) in [5, 5.41) is 3.37. The number of anilines is 1. The highest BCUT2D eigenvalue weighted by Gasteiger charge is 2.29. The fourth-order valence-electron chi connectivity index (χ4n) is 6.20. The second-order valence-electron chi connectivity index (χ2n) is 14.2. The van der Waals surface area contributed by atoms with E-state index < -0.39 is 59.6 Å². The molecule has 4 heterocycles. The maximum atomic E-state index is 15.6. The predicted molar refractivity (Wildman–Crippen MR) is 217 cm³/mol. The van der Waals surface area contributed by atoms with E-state index in [9.17, 15) is 32.8 Å². The predicted octanol–water partition coefficient (Wildman–Crippen LogP) is 5.65. The Labute approximate surface area is 338 Å². The van der Waals surface area contributed by atoms with Crippen molar-refractivity contribution in [2.45, 2.75) is 67.4 Å². The summed E-state index contributed by atoms with van der Waals surface area (Å²) < 4.78 is 54.5. The highest BCUT2D eigenvalue weighted by atomic mass is 19.3. The van der Waals surface area contributed by atoms with E-state index in [1.54, 1.807) is 52.0 Å². The summed E-state index contributed by atoms with van der Waals surface area (Å²) in [7, 11) is 1.53. The average molecular weight is 823 g/mol. The van der Waals surface area contributed by atoms with Gasteiger partial charge in [0.05, 0.1) is 52.5 Å². The van der Waals surface area contributed by atoms with Crippen LogP contribution in [0.3, 0.4) is 0 Å². The number of morpholine rings is 1. The van der Waals surface area contributed by atoms with Gasteiger partial charge in [-0.1, -0.05) is 26.0 Å². The quantitative estimate of drug-likeness (QED) is 0.145. The van der Waals surface area contributed by atoms with Crippen molar-refractivity contribution in [2.75, 3.05) is 38.0 Å². The molecule has 0 aliphatic carbocycles. The van der Waals surface area contributed by atoms with Gasteiger partial charge in [-0.05, 0) is 76.1 Å². The summed E-state index contributed by atoms with van der Waals surface area (Å²) in [6, 6.07) is 9.60. The zero-order valence-electron chi connectivity index (χ0n) is 34.3. The Kier molecular flexibility index (Phi) is 15.5. The van der Waals surface area contributed by atoms with E-state index in [4.69, 9.17) is 14.2 Å². The van der Waals surface area contributed by atoms with Crippen molar-refractivity contribution >= 4 is 45.3 Å². The Morgan fingerprint density at radius 2 is 1.66 bits per heavy atom. The number of aromatic nitrogens is 4. The monoisotopic (exact) mass is 822 g/mol. The molecule has 2 aromatic carbocycles. The number of carbonyl (C=O) groups is 3. The molecule has 1 fully saturated rings. The van der Waals surface area contributed by atoms with Crippen molar-refractivity contribution in [3.05, 3.63) is 104 Å². The third-order valence-electron chi connectivity index (χ3n) is 9.05. The van der Waals surface area contributed by atoms with Crippen LogP contribution in [-0.2, 0) is 37.3 Å². The summed E-state index contributed by atoms with van der Waals surface area (Å²) in [5.74, 6) is -3.19. The summed E-state index contributed by atoms with van der Waals surface area (Å²) in [5.41, 5.74) is -0.0179. The number of nitrogens with one attached hydrogen (secondary N) is 1. The lowest BCUT2D eigenvalue weighted by atomic mass is 9.98. The number of rotatable bonds is 9. The number of amides is 1. The van der Waals surface area contributed by atoms with Gasteiger partial charge in [-0.3, -0.25) is 28.9 Å². The third-order valence-corrected chi connectivity index (χ3v) is 9.05. The molecule has 316 valence electrons. The van der Waals surface area contributed by atoms with Crippen molar-refractivity contribution in [3.8, 4) is 5.69 Å². The fraction of sp³-hybridized carbons (Fsp3) is 0.405. The number of nitrogens with zero attached hydrogens (tertiary/aromatic N) is 5. The van der Waals surface area contributed by atoms with E-state index in [-0.39, 0.29) is 28.6 Å².